The molecule has 4 aromatic rings. The van der Waals surface area contributed by atoms with Crippen LogP contribution in [0.15, 0.2) is 39.5 Å². The van der Waals surface area contributed by atoms with Crippen LogP contribution in [-0.4, -0.2) is 29.6 Å². The molecule has 3 heterocycles. The lowest BCUT2D eigenvalue weighted by Crippen LogP contribution is -2.37. The highest BCUT2D eigenvalue weighted by atomic mass is 32.1. The molecule has 0 aliphatic heterocycles. The predicted octanol–water partition coefficient (Wildman–Crippen LogP) is 1.81. The van der Waals surface area contributed by atoms with Crippen LogP contribution in [0.3, 0.4) is 0 Å². The van der Waals surface area contributed by atoms with Crippen molar-refractivity contribution >= 4 is 33.5 Å². The van der Waals surface area contributed by atoms with Crippen LogP contribution in [0, 0.1) is 13.8 Å². The molecule has 0 atom stereocenters. The summed E-state index contributed by atoms with van der Waals surface area (Å²) in [5, 5.41) is 5.14. The molecule has 10 heteroatoms. The number of aryl methyl sites for hydroxylation is 3. The summed E-state index contributed by atoms with van der Waals surface area (Å²) in [4.78, 5) is 45.7. The van der Waals surface area contributed by atoms with Crippen molar-refractivity contribution in [3.05, 3.63) is 61.9 Å². The number of nitrogens with zero attached hydrogens (tertiary/aromatic N) is 5. The van der Waals surface area contributed by atoms with Crippen LogP contribution >= 0.6 is 11.3 Å². The molecule has 30 heavy (non-hydrogen) atoms. The summed E-state index contributed by atoms with van der Waals surface area (Å²) in [5.41, 5.74) is 3.54. The fourth-order valence-corrected chi connectivity index (χ4v) is 4.02. The van der Waals surface area contributed by atoms with Gasteiger partial charge in [0, 0.05) is 25.0 Å². The summed E-state index contributed by atoms with van der Waals surface area (Å²) in [6.07, 6.45) is 1.38. The summed E-state index contributed by atoms with van der Waals surface area (Å²) < 4.78 is 3.71. The van der Waals surface area contributed by atoms with Crippen LogP contribution in [0.5, 0.6) is 0 Å². The van der Waals surface area contributed by atoms with Gasteiger partial charge in [-0.05, 0) is 25.5 Å². The zero-order chi connectivity index (χ0) is 21.6. The molecule has 0 fully saturated rings. The third-order valence-electron chi connectivity index (χ3n) is 4.95. The molecular weight excluding hydrogens is 404 g/mol. The van der Waals surface area contributed by atoms with Crippen molar-refractivity contribution in [3.8, 4) is 11.3 Å². The molecule has 0 spiro atoms. The first kappa shape index (κ1) is 19.8. The lowest BCUT2D eigenvalue weighted by Gasteiger charge is -2.06. The summed E-state index contributed by atoms with van der Waals surface area (Å²) in [7, 11) is 2.93. The van der Waals surface area contributed by atoms with Crippen molar-refractivity contribution in [3.63, 3.8) is 0 Å². The van der Waals surface area contributed by atoms with Gasteiger partial charge < -0.3 is 9.88 Å². The van der Waals surface area contributed by atoms with E-state index in [1.165, 1.54) is 40.9 Å². The van der Waals surface area contributed by atoms with E-state index in [-0.39, 0.29) is 23.6 Å². The van der Waals surface area contributed by atoms with E-state index in [1.54, 1.807) is 0 Å². The number of anilines is 1. The number of hydrogen-bond donors (Lipinski definition) is 1. The monoisotopic (exact) mass is 424 g/mol. The van der Waals surface area contributed by atoms with E-state index in [2.05, 4.69) is 21.4 Å². The van der Waals surface area contributed by atoms with Crippen LogP contribution in [0.4, 0.5) is 5.13 Å². The number of fused-ring (bicyclic) bond motifs is 1. The van der Waals surface area contributed by atoms with Gasteiger partial charge in [0.1, 0.15) is 6.54 Å². The Morgan fingerprint density at radius 2 is 1.93 bits per heavy atom. The van der Waals surface area contributed by atoms with Crippen molar-refractivity contribution in [1.29, 1.82) is 0 Å². The Bertz CT molecular complexity index is 1410. The molecule has 0 bridgehead atoms. The number of amides is 1. The fourth-order valence-electron chi connectivity index (χ4n) is 3.30. The zero-order valence-electron chi connectivity index (χ0n) is 17.0. The number of hydrogen-bond acceptors (Lipinski definition) is 6. The molecule has 4 rings (SSSR count). The SMILES string of the molecule is Cc1ccc(C)c(-c2csc(NC(=O)Cn3cnc4c3c(=O)n(C)c(=O)n4C)n2)c1. The second-order valence-corrected chi connectivity index (χ2v) is 8.01. The molecule has 3 aromatic heterocycles. The van der Waals surface area contributed by atoms with Crippen LogP contribution in [0.1, 0.15) is 11.1 Å². The number of rotatable bonds is 4. The fraction of sp³-hybridized carbons (Fsp3) is 0.250. The van der Waals surface area contributed by atoms with Crippen molar-refractivity contribution in [2.24, 2.45) is 14.1 Å². The number of imidazole rings is 1. The quantitative estimate of drug-likeness (QED) is 0.538. The summed E-state index contributed by atoms with van der Waals surface area (Å²) >= 11 is 1.33. The molecule has 9 nitrogen and oxygen atoms in total. The van der Waals surface area contributed by atoms with E-state index in [1.807, 2.05) is 31.4 Å². The molecule has 0 radical (unpaired) electrons. The maximum Gasteiger partial charge on any atom is 0.332 e. The molecule has 0 saturated heterocycles. The Hall–Kier alpha value is -3.53. The minimum atomic E-state index is -0.496. The van der Waals surface area contributed by atoms with Gasteiger partial charge in [-0.3, -0.25) is 18.7 Å². The molecule has 0 aliphatic rings. The maximum absolute atomic E-state index is 12.6. The number of thiazole rings is 1. The topological polar surface area (TPSA) is 104 Å². The highest BCUT2D eigenvalue weighted by Crippen LogP contribution is 2.28. The van der Waals surface area contributed by atoms with Gasteiger partial charge >= 0.3 is 5.69 Å². The highest BCUT2D eigenvalue weighted by Gasteiger charge is 2.17. The molecular formula is C20H20N6O3S. The van der Waals surface area contributed by atoms with Gasteiger partial charge in [0.05, 0.1) is 12.0 Å². The summed E-state index contributed by atoms with van der Waals surface area (Å²) in [5.74, 6) is -0.341. The number of carbonyl (C=O) groups is 1. The van der Waals surface area contributed by atoms with Gasteiger partial charge in [0.15, 0.2) is 16.3 Å². The third-order valence-corrected chi connectivity index (χ3v) is 5.71. The molecule has 1 amide bonds. The second kappa shape index (κ2) is 7.38. The first-order valence-electron chi connectivity index (χ1n) is 9.20. The number of carbonyl (C=O) groups excluding carboxylic acids is 1. The van der Waals surface area contributed by atoms with E-state index < -0.39 is 11.2 Å². The minimum Gasteiger partial charge on any atom is -0.315 e. The van der Waals surface area contributed by atoms with E-state index in [0.29, 0.717) is 5.13 Å². The molecule has 1 N–H and O–H groups in total. The summed E-state index contributed by atoms with van der Waals surface area (Å²) in [6, 6.07) is 6.15. The van der Waals surface area contributed by atoms with E-state index >= 15 is 0 Å². The Labute approximate surface area is 175 Å². The van der Waals surface area contributed by atoms with E-state index in [4.69, 9.17) is 0 Å². The number of aromatic nitrogens is 5. The maximum atomic E-state index is 12.6. The molecule has 0 unspecified atom stereocenters. The van der Waals surface area contributed by atoms with Crippen molar-refractivity contribution in [2.75, 3.05) is 5.32 Å². The van der Waals surface area contributed by atoms with Crippen LogP contribution in [0.25, 0.3) is 22.4 Å². The van der Waals surface area contributed by atoms with E-state index in [9.17, 15) is 14.4 Å². The third kappa shape index (κ3) is 3.35. The first-order valence-corrected chi connectivity index (χ1v) is 10.1. The number of benzene rings is 1. The van der Waals surface area contributed by atoms with Gasteiger partial charge in [-0.2, -0.15) is 0 Å². The molecule has 0 aliphatic carbocycles. The van der Waals surface area contributed by atoms with Crippen LogP contribution < -0.4 is 16.6 Å². The predicted molar refractivity (Wildman–Crippen MR) is 116 cm³/mol. The van der Waals surface area contributed by atoms with Crippen LogP contribution in [0.2, 0.25) is 0 Å². The Kier molecular flexibility index (Phi) is 4.86. The number of nitrogens with one attached hydrogen (secondary N) is 1. The Morgan fingerprint density at radius 3 is 2.70 bits per heavy atom. The van der Waals surface area contributed by atoms with Gasteiger partial charge in [-0.25, -0.2) is 14.8 Å². The highest BCUT2D eigenvalue weighted by molar-refractivity contribution is 7.14. The second-order valence-electron chi connectivity index (χ2n) is 7.15. The lowest BCUT2D eigenvalue weighted by atomic mass is 10.0. The van der Waals surface area contributed by atoms with Crippen LogP contribution in [-0.2, 0) is 25.4 Å². The van der Waals surface area contributed by atoms with E-state index in [0.717, 1.165) is 27.0 Å². The minimum absolute atomic E-state index is 0.123. The standard InChI is InChI=1S/C20H20N6O3S/c1-11-5-6-12(2)13(7-11)14-9-30-19(22-14)23-15(27)8-26-10-21-17-16(26)18(28)25(4)20(29)24(17)3/h5-7,9-10H,8H2,1-4H3,(H,22,23,27). The van der Waals surface area contributed by atoms with Crippen molar-refractivity contribution in [1.82, 2.24) is 23.7 Å². The van der Waals surface area contributed by atoms with Gasteiger partial charge in [-0.15, -0.1) is 11.3 Å². The molecule has 154 valence electrons. The molecule has 1 aromatic carbocycles. The zero-order valence-corrected chi connectivity index (χ0v) is 17.8. The first-order chi connectivity index (χ1) is 14.3. The van der Waals surface area contributed by atoms with Crippen molar-refractivity contribution in [2.45, 2.75) is 20.4 Å². The Balaban J connectivity index is 1.58. The van der Waals surface area contributed by atoms with Gasteiger partial charge in [-0.1, -0.05) is 17.7 Å². The van der Waals surface area contributed by atoms with Gasteiger partial charge in [0.2, 0.25) is 5.91 Å². The normalized spacial score (nSPS) is 11.2. The smallest absolute Gasteiger partial charge is 0.315 e. The molecule has 0 saturated carbocycles. The summed E-state index contributed by atoms with van der Waals surface area (Å²) in [6.45, 7) is 3.92. The average Bonchev–Trinajstić information content (AvgIpc) is 3.34. The largest absolute Gasteiger partial charge is 0.332 e. The average molecular weight is 424 g/mol. The lowest BCUT2D eigenvalue weighted by molar-refractivity contribution is -0.116. The van der Waals surface area contributed by atoms with Gasteiger partial charge in [0.25, 0.3) is 5.56 Å². The van der Waals surface area contributed by atoms with Crippen molar-refractivity contribution < 1.29 is 4.79 Å². The Morgan fingerprint density at radius 1 is 1.17 bits per heavy atom.